The zero-order valence-electron chi connectivity index (χ0n) is 8.04. The minimum atomic E-state index is -0.253. The minimum Gasteiger partial charge on any atom is -0.383 e. The van der Waals surface area contributed by atoms with Crippen LogP contribution in [0.4, 0.5) is 10.2 Å². The molecule has 2 N–H and O–H groups in total. The molecule has 3 nitrogen and oxygen atoms in total. The molecular weight excluding hydrogens is 308 g/mol. The monoisotopic (exact) mass is 317 g/mol. The smallest absolute Gasteiger partial charge is 0.140 e. The molecule has 0 fully saturated rings. The molecule has 0 atom stereocenters. The normalized spacial score (nSPS) is 10.6. The first-order valence-corrected chi connectivity index (χ1v) is 5.43. The van der Waals surface area contributed by atoms with E-state index in [9.17, 15) is 4.39 Å². The van der Waals surface area contributed by atoms with Crippen molar-refractivity contribution >= 4 is 28.4 Å². The summed E-state index contributed by atoms with van der Waals surface area (Å²) in [5, 5.41) is 4.14. The largest absolute Gasteiger partial charge is 0.383 e. The Morgan fingerprint density at radius 3 is 2.73 bits per heavy atom. The zero-order valence-corrected chi connectivity index (χ0v) is 10.2. The number of benzene rings is 1. The van der Waals surface area contributed by atoms with Gasteiger partial charge in [0.25, 0.3) is 0 Å². The summed E-state index contributed by atoms with van der Waals surface area (Å²) in [6.07, 6.45) is 1.68. The van der Waals surface area contributed by atoms with Crippen LogP contribution in [0.15, 0.2) is 24.4 Å². The van der Waals surface area contributed by atoms with Gasteiger partial charge in [-0.3, -0.25) is 0 Å². The summed E-state index contributed by atoms with van der Waals surface area (Å²) in [5.41, 5.74) is 7.45. The van der Waals surface area contributed by atoms with Crippen molar-refractivity contribution in [2.45, 2.75) is 6.92 Å². The lowest BCUT2D eigenvalue weighted by Gasteiger charge is -2.07. The summed E-state index contributed by atoms with van der Waals surface area (Å²) in [4.78, 5) is 0. The second kappa shape index (κ2) is 3.80. The fraction of sp³-hybridized carbons (Fsp3) is 0.100. The summed E-state index contributed by atoms with van der Waals surface area (Å²) in [5.74, 6) is 0.321. The molecule has 0 radical (unpaired) electrons. The molecule has 0 aliphatic rings. The topological polar surface area (TPSA) is 43.8 Å². The Morgan fingerprint density at radius 2 is 2.20 bits per heavy atom. The van der Waals surface area contributed by atoms with E-state index in [2.05, 4.69) is 27.7 Å². The number of aryl methyl sites for hydroxylation is 1. The molecule has 0 spiro atoms. The molecule has 1 aromatic heterocycles. The third-order valence-electron chi connectivity index (χ3n) is 2.15. The van der Waals surface area contributed by atoms with E-state index in [1.54, 1.807) is 16.9 Å². The number of nitrogens with two attached hydrogens (primary N) is 1. The molecule has 0 saturated carbocycles. The molecule has 0 bridgehead atoms. The number of rotatable bonds is 1. The van der Waals surface area contributed by atoms with Gasteiger partial charge in [-0.15, -0.1) is 0 Å². The van der Waals surface area contributed by atoms with E-state index in [1.807, 2.05) is 6.92 Å². The highest BCUT2D eigenvalue weighted by molar-refractivity contribution is 14.1. The van der Waals surface area contributed by atoms with E-state index in [-0.39, 0.29) is 5.82 Å². The van der Waals surface area contributed by atoms with Gasteiger partial charge in [-0.25, -0.2) is 9.07 Å². The molecule has 0 aliphatic heterocycles. The molecule has 0 amide bonds. The van der Waals surface area contributed by atoms with Crippen molar-refractivity contribution in [3.63, 3.8) is 0 Å². The molecule has 1 heterocycles. The van der Waals surface area contributed by atoms with Gasteiger partial charge in [0.2, 0.25) is 0 Å². The van der Waals surface area contributed by atoms with Crippen LogP contribution in [0.5, 0.6) is 0 Å². The predicted molar refractivity (Wildman–Crippen MR) is 65.4 cm³/mol. The average Bonchev–Trinajstić information content (AvgIpc) is 2.49. The van der Waals surface area contributed by atoms with Gasteiger partial charge in [0.1, 0.15) is 11.6 Å². The summed E-state index contributed by atoms with van der Waals surface area (Å²) < 4.78 is 15.4. The molecule has 5 heteroatoms. The van der Waals surface area contributed by atoms with Crippen molar-refractivity contribution in [3.05, 3.63) is 39.3 Å². The van der Waals surface area contributed by atoms with Gasteiger partial charge in [-0.2, -0.15) is 5.10 Å². The second-order valence-electron chi connectivity index (χ2n) is 3.22. The highest BCUT2D eigenvalue weighted by atomic mass is 127. The second-order valence-corrected chi connectivity index (χ2v) is 4.38. The van der Waals surface area contributed by atoms with Gasteiger partial charge in [0.05, 0.1) is 15.5 Å². The van der Waals surface area contributed by atoms with Crippen LogP contribution in [-0.4, -0.2) is 9.78 Å². The van der Waals surface area contributed by atoms with Crippen molar-refractivity contribution in [2.24, 2.45) is 0 Å². The van der Waals surface area contributed by atoms with Gasteiger partial charge < -0.3 is 5.73 Å². The maximum absolute atomic E-state index is 12.9. The highest BCUT2D eigenvalue weighted by Crippen LogP contribution is 2.21. The standard InChI is InChI=1S/C10H9FIN3/c1-6-4-7(11)2-3-9(6)15-10(13)8(12)5-14-15/h2-5H,13H2,1H3. The summed E-state index contributed by atoms with van der Waals surface area (Å²) >= 11 is 2.11. The lowest BCUT2D eigenvalue weighted by atomic mass is 10.2. The Bertz CT molecular complexity index is 507. The fourth-order valence-corrected chi connectivity index (χ4v) is 1.74. The van der Waals surface area contributed by atoms with E-state index in [1.165, 1.54) is 12.1 Å². The van der Waals surface area contributed by atoms with Gasteiger partial charge in [-0.05, 0) is 53.3 Å². The number of hydrogen-bond acceptors (Lipinski definition) is 2. The Balaban J connectivity index is 2.59. The Morgan fingerprint density at radius 1 is 1.47 bits per heavy atom. The summed E-state index contributed by atoms with van der Waals surface area (Å²) in [7, 11) is 0. The van der Waals surface area contributed by atoms with Crippen molar-refractivity contribution in [3.8, 4) is 5.69 Å². The Hall–Kier alpha value is -1.11. The number of hydrogen-bond donors (Lipinski definition) is 1. The van der Waals surface area contributed by atoms with E-state index in [4.69, 9.17) is 5.73 Å². The van der Waals surface area contributed by atoms with Crippen molar-refractivity contribution < 1.29 is 4.39 Å². The molecule has 1 aromatic carbocycles. The van der Waals surface area contributed by atoms with Gasteiger partial charge in [0.15, 0.2) is 0 Å². The zero-order chi connectivity index (χ0) is 11.0. The summed E-state index contributed by atoms with van der Waals surface area (Å²) in [6.45, 7) is 1.83. The maximum atomic E-state index is 12.9. The van der Waals surface area contributed by atoms with E-state index < -0.39 is 0 Å². The molecule has 15 heavy (non-hydrogen) atoms. The molecule has 0 unspecified atom stereocenters. The van der Waals surface area contributed by atoms with E-state index in [0.717, 1.165) is 14.8 Å². The molecular formula is C10H9FIN3. The van der Waals surface area contributed by atoms with E-state index >= 15 is 0 Å². The molecule has 0 aliphatic carbocycles. The van der Waals surface area contributed by atoms with Crippen LogP contribution in [0.2, 0.25) is 0 Å². The van der Waals surface area contributed by atoms with Crippen LogP contribution in [0.1, 0.15) is 5.56 Å². The first-order chi connectivity index (χ1) is 7.09. The molecule has 2 aromatic rings. The highest BCUT2D eigenvalue weighted by Gasteiger charge is 2.09. The van der Waals surface area contributed by atoms with Crippen LogP contribution < -0.4 is 5.73 Å². The molecule has 0 saturated heterocycles. The van der Waals surface area contributed by atoms with Crippen LogP contribution in [0, 0.1) is 16.3 Å². The van der Waals surface area contributed by atoms with Crippen LogP contribution in [0.25, 0.3) is 5.69 Å². The van der Waals surface area contributed by atoms with E-state index in [0.29, 0.717) is 5.82 Å². The van der Waals surface area contributed by atoms with Crippen molar-refractivity contribution in [1.29, 1.82) is 0 Å². The van der Waals surface area contributed by atoms with Gasteiger partial charge >= 0.3 is 0 Å². The number of nitrogen functional groups attached to an aromatic ring is 1. The minimum absolute atomic E-state index is 0.253. The van der Waals surface area contributed by atoms with Crippen LogP contribution in [0.3, 0.4) is 0 Å². The van der Waals surface area contributed by atoms with Gasteiger partial charge in [0, 0.05) is 0 Å². The summed E-state index contributed by atoms with van der Waals surface area (Å²) in [6, 6.07) is 4.53. The number of aromatic nitrogens is 2. The average molecular weight is 317 g/mol. The SMILES string of the molecule is Cc1cc(F)ccc1-n1ncc(I)c1N. The third-order valence-corrected chi connectivity index (χ3v) is 2.98. The molecule has 2 rings (SSSR count). The van der Waals surface area contributed by atoms with Crippen molar-refractivity contribution in [2.75, 3.05) is 5.73 Å². The maximum Gasteiger partial charge on any atom is 0.140 e. The first kappa shape index (κ1) is 10.4. The first-order valence-electron chi connectivity index (χ1n) is 4.35. The predicted octanol–water partition coefficient (Wildman–Crippen LogP) is 2.51. The fourth-order valence-electron chi connectivity index (χ4n) is 1.39. The van der Waals surface area contributed by atoms with Crippen LogP contribution >= 0.6 is 22.6 Å². The Labute approximate surface area is 100 Å². The van der Waals surface area contributed by atoms with Gasteiger partial charge in [-0.1, -0.05) is 0 Å². The number of anilines is 1. The van der Waals surface area contributed by atoms with Crippen molar-refractivity contribution in [1.82, 2.24) is 9.78 Å². The lowest BCUT2D eigenvalue weighted by Crippen LogP contribution is -2.04. The quantitative estimate of drug-likeness (QED) is 0.822. The number of nitrogens with zero attached hydrogens (tertiary/aromatic N) is 2. The Kier molecular flexibility index (Phi) is 2.64. The van der Waals surface area contributed by atoms with Crippen LogP contribution in [-0.2, 0) is 0 Å². The lowest BCUT2D eigenvalue weighted by molar-refractivity contribution is 0.625. The third kappa shape index (κ3) is 1.83. The number of halogens is 2. The molecule has 78 valence electrons.